The molecule has 0 bridgehead atoms. The highest BCUT2D eigenvalue weighted by atomic mass is 35.5. The van der Waals surface area contributed by atoms with Gasteiger partial charge in [-0.05, 0) is 44.2 Å². The van der Waals surface area contributed by atoms with Crippen molar-refractivity contribution in [3.05, 3.63) is 47.2 Å². The molecule has 0 aliphatic heterocycles. The summed E-state index contributed by atoms with van der Waals surface area (Å²) in [4.78, 5) is 0. The predicted molar refractivity (Wildman–Crippen MR) is 81.3 cm³/mol. The van der Waals surface area contributed by atoms with Gasteiger partial charge in [0.15, 0.2) is 0 Å². The topological polar surface area (TPSA) is 47.3 Å². The van der Waals surface area contributed by atoms with E-state index >= 15 is 0 Å². The van der Waals surface area contributed by atoms with E-state index in [1.54, 1.807) is 0 Å². The van der Waals surface area contributed by atoms with Gasteiger partial charge in [-0.2, -0.15) is 0 Å². The molecule has 0 heterocycles. The lowest BCUT2D eigenvalue weighted by Crippen LogP contribution is -2.05. The third kappa shape index (κ3) is 3.54. The first-order chi connectivity index (χ1) is 9.45. The predicted octanol–water partition coefficient (Wildman–Crippen LogP) is 4.59. The fourth-order valence-electron chi connectivity index (χ4n) is 1.71. The third-order valence-corrected chi connectivity index (χ3v) is 2.89. The second-order valence-corrected chi connectivity index (χ2v) is 5.08. The first-order valence-electron chi connectivity index (χ1n) is 6.24. The van der Waals surface area contributed by atoms with Gasteiger partial charge in [0.05, 0.1) is 22.5 Å². The van der Waals surface area contributed by atoms with Crippen molar-refractivity contribution in [2.24, 2.45) is 0 Å². The Labute approximate surface area is 122 Å². The zero-order chi connectivity index (χ0) is 14.7. The van der Waals surface area contributed by atoms with Crippen LogP contribution in [0.3, 0.4) is 0 Å². The largest absolute Gasteiger partial charge is 0.491 e. The van der Waals surface area contributed by atoms with Gasteiger partial charge in [-0.15, -0.1) is 0 Å². The van der Waals surface area contributed by atoms with Gasteiger partial charge in [0.25, 0.3) is 0 Å². The Balaban J connectivity index is 2.16. The first-order valence-corrected chi connectivity index (χ1v) is 6.62. The van der Waals surface area contributed by atoms with Gasteiger partial charge in [-0.25, -0.2) is 4.39 Å². The van der Waals surface area contributed by atoms with Gasteiger partial charge in [-0.3, -0.25) is 0 Å². The van der Waals surface area contributed by atoms with Crippen molar-refractivity contribution < 1.29 is 9.13 Å². The smallest absolute Gasteiger partial charge is 0.144 e. The average molecular weight is 295 g/mol. The molecule has 0 atom stereocenters. The summed E-state index contributed by atoms with van der Waals surface area (Å²) >= 11 is 5.66. The number of nitrogen functional groups attached to an aromatic ring is 1. The number of benzene rings is 2. The molecule has 3 nitrogen and oxygen atoms in total. The second kappa shape index (κ2) is 6.01. The van der Waals surface area contributed by atoms with Gasteiger partial charge in [0.2, 0.25) is 0 Å². The number of halogens is 2. The zero-order valence-electron chi connectivity index (χ0n) is 11.3. The van der Waals surface area contributed by atoms with E-state index in [0.29, 0.717) is 11.4 Å². The average Bonchev–Trinajstić information content (AvgIpc) is 2.37. The molecule has 20 heavy (non-hydrogen) atoms. The molecular formula is C15H16ClFN2O. The van der Waals surface area contributed by atoms with Crippen molar-refractivity contribution in [1.29, 1.82) is 0 Å². The Morgan fingerprint density at radius 3 is 2.45 bits per heavy atom. The van der Waals surface area contributed by atoms with Crippen molar-refractivity contribution in [3.8, 4) is 5.75 Å². The number of nitrogens with two attached hydrogens (primary N) is 1. The fraction of sp³-hybridized carbons (Fsp3) is 0.200. The maximum atomic E-state index is 13.4. The molecule has 2 aromatic rings. The molecule has 0 fully saturated rings. The summed E-state index contributed by atoms with van der Waals surface area (Å²) in [7, 11) is 0. The molecular weight excluding hydrogens is 279 g/mol. The zero-order valence-corrected chi connectivity index (χ0v) is 12.0. The highest BCUT2D eigenvalue weighted by Crippen LogP contribution is 2.29. The summed E-state index contributed by atoms with van der Waals surface area (Å²) in [6.45, 7) is 3.92. The summed E-state index contributed by atoms with van der Waals surface area (Å²) < 4.78 is 19.0. The highest BCUT2D eigenvalue weighted by molar-refractivity contribution is 6.31. The number of rotatable bonds is 4. The third-order valence-electron chi connectivity index (χ3n) is 2.60. The van der Waals surface area contributed by atoms with E-state index in [2.05, 4.69) is 5.32 Å². The van der Waals surface area contributed by atoms with Crippen molar-refractivity contribution >= 4 is 28.7 Å². The summed E-state index contributed by atoms with van der Waals surface area (Å²) in [6, 6.07) is 10.0. The molecule has 106 valence electrons. The Hall–Kier alpha value is -1.94. The second-order valence-electron chi connectivity index (χ2n) is 4.67. The lowest BCUT2D eigenvalue weighted by atomic mass is 10.2. The summed E-state index contributed by atoms with van der Waals surface area (Å²) in [6.07, 6.45) is 0.120. The van der Waals surface area contributed by atoms with Gasteiger partial charge in [0.1, 0.15) is 11.6 Å². The van der Waals surface area contributed by atoms with Crippen LogP contribution in [0.15, 0.2) is 36.4 Å². The molecule has 3 N–H and O–H groups in total. The van der Waals surface area contributed by atoms with Crippen LogP contribution in [-0.4, -0.2) is 6.10 Å². The molecule has 0 amide bonds. The fourth-order valence-corrected chi connectivity index (χ4v) is 1.89. The lowest BCUT2D eigenvalue weighted by molar-refractivity contribution is 0.242. The summed E-state index contributed by atoms with van der Waals surface area (Å²) in [5, 5.41) is 3.05. The highest BCUT2D eigenvalue weighted by Gasteiger charge is 2.07. The van der Waals surface area contributed by atoms with Crippen LogP contribution in [0, 0.1) is 5.82 Å². The maximum Gasteiger partial charge on any atom is 0.144 e. The molecule has 0 unspecified atom stereocenters. The van der Waals surface area contributed by atoms with Gasteiger partial charge >= 0.3 is 0 Å². The standard InChI is InChI=1S/C15H16ClFN2O/c1-9(2)20-11-5-3-10(4-6-11)19-15-8-13(17)12(16)7-14(15)18/h3-9,19H,18H2,1-2H3. The van der Waals surface area contributed by atoms with Gasteiger partial charge in [-0.1, -0.05) is 11.6 Å². The van der Waals surface area contributed by atoms with Crippen LogP contribution in [0.5, 0.6) is 5.75 Å². The Morgan fingerprint density at radius 2 is 1.85 bits per heavy atom. The Morgan fingerprint density at radius 1 is 1.20 bits per heavy atom. The van der Waals surface area contributed by atoms with E-state index in [1.807, 2.05) is 38.1 Å². The first kappa shape index (κ1) is 14.5. The van der Waals surface area contributed by atoms with Crippen LogP contribution in [0.2, 0.25) is 5.02 Å². The monoisotopic (exact) mass is 294 g/mol. The molecule has 0 aliphatic carbocycles. The molecule has 5 heteroatoms. The van der Waals surface area contributed by atoms with Crippen molar-refractivity contribution in [3.63, 3.8) is 0 Å². The van der Waals surface area contributed by atoms with E-state index in [9.17, 15) is 4.39 Å². The molecule has 0 radical (unpaired) electrons. The summed E-state index contributed by atoms with van der Waals surface area (Å²) in [5.41, 5.74) is 7.45. The molecule has 0 spiro atoms. The van der Waals surface area contributed by atoms with E-state index in [4.69, 9.17) is 22.1 Å². The minimum absolute atomic E-state index is 0.00808. The lowest BCUT2D eigenvalue weighted by Gasteiger charge is -2.12. The minimum Gasteiger partial charge on any atom is -0.491 e. The minimum atomic E-state index is -0.511. The van der Waals surface area contributed by atoms with Crippen LogP contribution < -0.4 is 15.8 Å². The van der Waals surface area contributed by atoms with Gasteiger partial charge in [0, 0.05) is 11.8 Å². The number of hydrogen-bond acceptors (Lipinski definition) is 3. The molecule has 0 aliphatic rings. The molecule has 0 saturated carbocycles. The van der Waals surface area contributed by atoms with Gasteiger partial charge < -0.3 is 15.8 Å². The number of ether oxygens (including phenoxy) is 1. The van der Waals surface area contributed by atoms with Crippen molar-refractivity contribution in [2.45, 2.75) is 20.0 Å². The molecule has 2 aromatic carbocycles. The quantitative estimate of drug-likeness (QED) is 0.811. The van der Waals surface area contributed by atoms with Crippen molar-refractivity contribution in [2.75, 3.05) is 11.1 Å². The maximum absolute atomic E-state index is 13.4. The normalized spacial score (nSPS) is 10.7. The molecule has 0 aromatic heterocycles. The van der Waals surface area contributed by atoms with Crippen LogP contribution in [0.4, 0.5) is 21.5 Å². The SMILES string of the molecule is CC(C)Oc1ccc(Nc2cc(F)c(Cl)cc2N)cc1. The van der Waals surface area contributed by atoms with Crippen LogP contribution in [-0.2, 0) is 0 Å². The molecule has 2 rings (SSSR count). The van der Waals surface area contributed by atoms with Crippen LogP contribution in [0.1, 0.15) is 13.8 Å². The van der Waals surface area contributed by atoms with E-state index in [1.165, 1.54) is 12.1 Å². The van der Waals surface area contributed by atoms with Crippen LogP contribution in [0.25, 0.3) is 0 Å². The number of hydrogen-bond donors (Lipinski definition) is 2. The van der Waals surface area contributed by atoms with Crippen LogP contribution >= 0.6 is 11.6 Å². The molecule has 0 saturated heterocycles. The Bertz CT molecular complexity index is 600. The van der Waals surface area contributed by atoms with Crippen molar-refractivity contribution in [1.82, 2.24) is 0 Å². The number of nitrogens with one attached hydrogen (secondary N) is 1. The van der Waals surface area contributed by atoms with E-state index in [-0.39, 0.29) is 11.1 Å². The van der Waals surface area contributed by atoms with E-state index in [0.717, 1.165) is 11.4 Å². The van der Waals surface area contributed by atoms with E-state index < -0.39 is 5.82 Å². The summed E-state index contributed by atoms with van der Waals surface area (Å²) in [5.74, 6) is 0.268. The number of anilines is 3. The Kier molecular flexibility index (Phi) is 4.35.